The Morgan fingerprint density at radius 1 is 0.759 bits per heavy atom. The van der Waals surface area contributed by atoms with Crippen molar-refractivity contribution in [2.24, 2.45) is 0 Å². The maximum atomic E-state index is 11.3. The molecule has 4 unspecified atom stereocenters. The second-order valence-electron chi connectivity index (χ2n) is 5.48. The van der Waals surface area contributed by atoms with E-state index < -0.39 is 26.9 Å². The van der Waals surface area contributed by atoms with Gasteiger partial charge in [0.25, 0.3) is 0 Å². The van der Waals surface area contributed by atoms with Gasteiger partial charge in [-0.05, 0) is 25.0 Å². The van der Waals surface area contributed by atoms with Gasteiger partial charge in [-0.1, -0.05) is 60.7 Å². The van der Waals surface area contributed by atoms with Crippen LogP contribution in [0.25, 0.3) is 0 Å². The molecule has 11 heteroatoms. The summed E-state index contributed by atoms with van der Waals surface area (Å²) in [5.74, 6) is -3.16. The van der Waals surface area contributed by atoms with Crippen molar-refractivity contribution < 1.29 is 38.2 Å². The van der Waals surface area contributed by atoms with Crippen molar-refractivity contribution in [2.75, 3.05) is 13.2 Å². The molecule has 0 fully saturated rings. The Balaban J connectivity index is 0.000000523. The van der Waals surface area contributed by atoms with Crippen LogP contribution in [-0.2, 0) is 18.2 Å². The van der Waals surface area contributed by atoms with E-state index in [1.807, 2.05) is 0 Å². The molecule has 0 spiro atoms. The van der Waals surface area contributed by atoms with Crippen LogP contribution in [0.3, 0.4) is 0 Å². The number of hydrogen-bond donors (Lipinski definition) is 2. The van der Waals surface area contributed by atoms with Gasteiger partial charge in [0, 0.05) is 0 Å². The minimum Gasteiger partial charge on any atom is -0.776 e. The van der Waals surface area contributed by atoms with Gasteiger partial charge in [0.15, 0.2) is 15.2 Å². The first kappa shape index (κ1) is 28.9. The fourth-order valence-electron chi connectivity index (χ4n) is 2.12. The Morgan fingerprint density at radius 2 is 1.03 bits per heavy atom. The van der Waals surface area contributed by atoms with E-state index in [0.717, 1.165) is 0 Å². The zero-order valence-corrected chi connectivity index (χ0v) is 20.3. The summed E-state index contributed by atoms with van der Waals surface area (Å²) >= 11 is 0. The van der Waals surface area contributed by atoms with Crippen molar-refractivity contribution in [2.45, 2.75) is 25.5 Å². The summed E-state index contributed by atoms with van der Waals surface area (Å²) in [5, 5.41) is 19.0. The molecule has 0 bridgehead atoms. The van der Waals surface area contributed by atoms with Gasteiger partial charge < -0.3 is 38.2 Å². The zero-order chi connectivity index (χ0) is 21.2. The van der Waals surface area contributed by atoms with Crippen LogP contribution in [0.1, 0.15) is 36.7 Å². The number of benzene rings is 2. The molecule has 0 saturated heterocycles. The molecule has 0 heterocycles. The van der Waals surface area contributed by atoms with Crippen LogP contribution in [0, 0.1) is 0 Å². The van der Waals surface area contributed by atoms with E-state index in [0.29, 0.717) is 11.1 Å². The van der Waals surface area contributed by atoms with E-state index in [-0.39, 0.29) is 51.0 Å². The first-order chi connectivity index (χ1) is 13.2. The van der Waals surface area contributed by atoms with E-state index in [1.165, 1.54) is 24.3 Å². The largest absolute Gasteiger partial charge is 2.00 e. The fraction of sp³-hybridized carbons (Fsp3) is 0.333. The molecule has 2 aromatic carbocycles. The molecule has 29 heavy (non-hydrogen) atoms. The van der Waals surface area contributed by atoms with Crippen molar-refractivity contribution >= 4 is 52.9 Å². The Morgan fingerprint density at radius 3 is 1.28 bits per heavy atom. The van der Waals surface area contributed by atoms with Crippen molar-refractivity contribution in [1.29, 1.82) is 0 Å². The molecule has 0 aliphatic carbocycles. The standard InChI is InChI=1S/2C9H13O4P.Ca/c2*1-2-13-14(11,12)9(10)8-6-4-3-5-7-8;/h2*3-7,9-10H,2H2,1H3,(H,11,12);/q;;+2/p-2. The molecule has 2 N–H and O–H groups in total. The SMILES string of the molecule is CCOP(=O)([O-])C(O)c1ccccc1.CCOP(=O)([O-])C(O)c1ccccc1.[Ca+2]. The molecular weight excluding hydrogens is 446 g/mol. The molecule has 0 aromatic heterocycles. The van der Waals surface area contributed by atoms with Gasteiger partial charge >= 0.3 is 37.7 Å². The monoisotopic (exact) mass is 470 g/mol. The second-order valence-corrected chi connectivity index (χ2v) is 9.14. The van der Waals surface area contributed by atoms with Crippen molar-refractivity contribution in [3.63, 3.8) is 0 Å². The topological polar surface area (TPSA) is 139 Å². The van der Waals surface area contributed by atoms with Gasteiger partial charge in [0.1, 0.15) is 11.7 Å². The number of hydrogen-bond acceptors (Lipinski definition) is 8. The average Bonchev–Trinajstić information content (AvgIpc) is 2.68. The third-order valence-electron chi connectivity index (χ3n) is 3.41. The fourth-order valence-corrected chi connectivity index (χ4v) is 4.19. The van der Waals surface area contributed by atoms with Gasteiger partial charge in [0.2, 0.25) is 0 Å². The summed E-state index contributed by atoms with van der Waals surface area (Å²) in [6.07, 6.45) is 0. The maximum absolute atomic E-state index is 11.3. The van der Waals surface area contributed by atoms with E-state index in [2.05, 4.69) is 9.05 Å². The van der Waals surface area contributed by atoms with Gasteiger partial charge in [-0.15, -0.1) is 0 Å². The Labute approximate surface area is 200 Å². The predicted octanol–water partition coefficient (Wildman–Crippen LogP) is 2.15. The second kappa shape index (κ2) is 14.1. The van der Waals surface area contributed by atoms with Crippen molar-refractivity contribution in [1.82, 2.24) is 0 Å². The molecule has 2 rings (SSSR count). The average molecular weight is 470 g/mol. The third kappa shape index (κ3) is 9.72. The first-order valence-corrected chi connectivity index (χ1v) is 11.7. The van der Waals surface area contributed by atoms with E-state index in [1.54, 1.807) is 50.2 Å². The van der Waals surface area contributed by atoms with Crippen molar-refractivity contribution in [3.05, 3.63) is 71.8 Å². The summed E-state index contributed by atoms with van der Waals surface area (Å²) in [4.78, 5) is 22.6. The molecule has 0 aliphatic heterocycles. The van der Waals surface area contributed by atoms with Crippen LogP contribution in [-0.4, -0.2) is 61.2 Å². The molecular formula is C18H24CaO8P2. The smallest absolute Gasteiger partial charge is 0.776 e. The molecule has 8 nitrogen and oxygen atoms in total. The summed E-state index contributed by atoms with van der Waals surface area (Å²) in [6, 6.07) is 16.3. The molecule has 156 valence electrons. The summed E-state index contributed by atoms with van der Waals surface area (Å²) < 4.78 is 31.6. The summed E-state index contributed by atoms with van der Waals surface area (Å²) in [5.41, 5.74) is 0.638. The van der Waals surface area contributed by atoms with Crippen LogP contribution in [0.15, 0.2) is 60.7 Å². The molecule has 2 aromatic rings. The normalized spacial score (nSPS) is 16.8. The number of rotatable bonds is 8. The predicted molar refractivity (Wildman–Crippen MR) is 107 cm³/mol. The van der Waals surface area contributed by atoms with Crippen LogP contribution in [0.5, 0.6) is 0 Å². The van der Waals surface area contributed by atoms with Crippen LogP contribution < -0.4 is 9.79 Å². The van der Waals surface area contributed by atoms with Gasteiger partial charge in [0.05, 0.1) is 13.2 Å². The van der Waals surface area contributed by atoms with Gasteiger partial charge in [-0.3, -0.25) is 0 Å². The maximum Gasteiger partial charge on any atom is 2.00 e. The Bertz CT molecular complexity index is 723. The quantitative estimate of drug-likeness (QED) is 0.442. The molecule has 0 radical (unpaired) electrons. The summed E-state index contributed by atoms with van der Waals surface area (Å²) in [6.45, 7) is 3.18. The van der Waals surface area contributed by atoms with Gasteiger partial charge in [-0.25, -0.2) is 0 Å². The number of aliphatic hydroxyl groups is 2. The first-order valence-electron chi connectivity index (χ1n) is 8.52. The number of aliphatic hydroxyl groups excluding tert-OH is 2. The van der Waals surface area contributed by atoms with E-state index in [9.17, 15) is 29.1 Å². The molecule has 0 amide bonds. The molecule has 0 aliphatic rings. The Kier molecular flexibility index (Phi) is 14.0. The minimum atomic E-state index is -4.20. The zero-order valence-electron chi connectivity index (χ0n) is 16.3. The van der Waals surface area contributed by atoms with Crippen molar-refractivity contribution in [3.8, 4) is 0 Å². The Hall–Kier alpha value is -0.0803. The van der Waals surface area contributed by atoms with E-state index in [4.69, 9.17) is 0 Å². The minimum absolute atomic E-state index is 0. The van der Waals surface area contributed by atoms with Gasteiger partial charge in [-0.2, -0.15) is 0 Å². The molecule has 0 saturated carbocycles. The van der Waals surface area contributed by atoms with E-state index >= 15 is 0 Å². The summed E-state index contributed by atoms with van der Waals surface area (Å²) in [7, 11) is -8.40. The van der Waals surface area contributed by atoms with Crippen LogP contribution >= 0.6 is 15.2 Å². The van der Waals surface area contributed by atoms with Crippen LogP contribution in [0.4, 0.5) is 0 Å². The third-order valence-corrected chi connectivity index (χ3v) is 6.44. The molecule has 4 atom stereocenters. The van der Waals surface area contributed by atoms with Crippen LogP contribution in [0.2, 0.25) is 0 Å².